The van der Waals surface area contributed by atoms with Crippen LogP contribution in [0.5, 0.6) is 0 Å². The first-order valence-corrected chi connectivity index (χ1v) is 4.41. The van der Waals surface area contributed by atoms with Gasteiger partial charge in [0.25, 0.3) is 0 Å². The zero-order valence-electron chi connectivity index (χ0n) is 9.66. The summed E-state index contributed by atoms with van der Waals surface area (Å²) in [5.41, 5.74) is -0.282. The lowest BCUT2D eigenvalue weighted by atomic mass is 10.1. The van der Waals surface area contributed by atoms with E-state index in [1.165, 1.54) is 14.0 Å². The van der Waals surface area contributed by atoms with Gasteiger partial charge in [0, 0.05) is 0 Å². The Labute approximate surface area is 93.2 Å². The summed E-state index contributed by atoms with van der Waals surface area (Å²) >= 11 is 0. The van der Waals surface area contributed by atoms with Crippen molar-refractivity contribution in [1.82, 2.24) is 0 Å². The van der Waals surface area contributed by atoms with Gasteiger partial charge in [-0.2, -0.15) is 0 Å². The Balaban J connectivity index is 5.00. The lowest BCUT2D eigenvalue weighted by Crippen LogP contribution is -2.20. The Bertz CT molecular complexity index is 328. The number of hydrogen-bond acceptors (Lipinski definition) is 6. The Kier molecular flexibility index (Phi) is 5.84. The van der Waals surface area contributed by atoms with Crippen LogP contribution in [0, 0.1) is 0 Å². The predicted octanol–water partition coefficient (Wildman–Crippen LogP) is 0.212. The average molecular weight is 230 g/mol. The summed E-state index contributed by atoms with van der Waals surface area (Å²) < 4.78 is 13.5. The number of ketones is 1. The molecule has 90 valence electrons. The molecule has 6 nitrogen and oxygen atoms in total. The van der Waals surface area contributed by atoms with E-state index in [9.17, 15) is 14.4 Å². The zero-order chi connectivity index (χ0) is 12.7. The van der Waals surface area contributed by atoms with Crippen LogP contribution < -0.4 is 0 Å². The van der Waals surface area contributed by atoms with E-state index < -0.39 is 24.1 Å². The van der Waals surface area contributed by atoms with E-state index in [1.807, 2.05) is 0 Å². The smallest absolute Gasteiger partial charge is 0.344 e. The van der Waals surface area contributed by atoms with Crippen LogP contribution in [-0.4, -0.2) is 39.1 Å². The number of hydrogen-bond donors (Lipinski definition) is 0. The minimum absolute atomic E-state index is 0.0979. The number of allylic oxidation sites excluding steroid dienone is 1. The van der Waals surface area contributed by atoms with Gasteiger partial charge >= 0.3 is 11.9 Å². The van der Waals surface area contributed by atoms with E-state index in [0.717, 1.165) is 14.2 Å². The summed E-state index contributed by atoms with van der Waals surface area (Å²) in [6.45, 7) is 1.43. The molecule has 0 aromatic carbocycles. The third-order valence-corrected chi connectivity index (χ3v) is 1.86. The Hall–Kier alpha value is -1.85. The maximum atomic E-state index is 11.6. The molecule has 0 N–H and O–H groups in total. The normalized spacial score (nSPS) is 11.2. The molecule has 0 saturated carbocycles. The number of rotatable bonds is 5. The summed E-state index contributed by atoms with van der Waals surface area (Å²) in [7, 11) is 3.60. The summed E-state index contributed by atoms with van der Waals surface area (Å²) in [4.78, 5) is 33.8. The molecule has 0 amide bonds. The van der Waals surface area contributed by atoms with E-state index in [0.29, 0.717) is 0 Å². The largest absolute Gasteiger partial charge is 0.500 e. The van der Waals surface area contributed by atoms with Gasteiger partial charge in [0.1, 0.15) is 17.8 Å². The number of carbonyl (C=O) groups excluding carboxylic acids is 3. The summed E-state index contributed by atoms with van der Waals surface area (Å²) in [6.07, 6.45) is -0.526. The maximum Gasteiger partial charge on any atom is 0.344 e. The van der Waals surface area contributed by atoms with Crippen LogP contribution in [0.25, 0.3) is 0 Å². The third-order valence-electron chi connectivity index (χ3n) is 1.86. The van der Waals surface area contributed by atoms with E-state index >= 15 is 0 Å². The van der Waals surface area contributed by atoms with E-state index in [1.54, 1.807) is 0 Å². The van der Waals surface area contributed by atoms with Crippen LogP contribution in [0.15, 0.2) is 11.3 Å². The van der Waals surface area contributed by atoms with Crippen molar-refractivity contribution in [2.24, 2.45) is 0 Å². The van der Waals surface area contributed by atoms with Crippen molar-refractivity contribution in [2.45, 2.75) is 13.3 Å². The molecule has 0 unspecified atom stereocenters. The average Bonchev–Trinajstić information content (AvgIpc) is 2.28. The van der Waals surface area contributed by atoms with Crippen molar-refractivity contribution in [3.05, 3.63) is 11.3 Å². The molecule has 0 aliphatic heterocycles. The lowest BCUT2D eigenvalue weighted by Gasteiger charge is -2.07. The molecule has 0 saturated heterocycles. The predicted molar refractivity (Wildman–Crippen MR) is 53.4 cm³/mol. The maximum absolute atomic E-state index is 11.6. The van der Waals surface area contributed by atoms with Crippen LogP contribution in [0.1, 0.15) is 13.3 Å². The van der Waals surface area contributed by atoms with Crippen LogP contribution >= 0.6 is 0 Å². The van der Waals surface area contributed by atoms with Crippen molar-refractivity contribution in [3.8, 4) is 0 Å². The molecule has 0 aromatic rings. The fraction of sp³-hybridized carbons (Fsp3) is 0.500. The highest BCUT2D eigenvalue weighted by Gasteiger charge is 2.25. The molecule has 6 heteroatoms. The number of Topliss-reactive ketones (excluding diaryl/α,β-unsaturated/α-hetero) is 1. The highest BCUT2D eigenvalue weighted by Crippen LogP contribution is 2.10. The fourth-order valence-electron chi connectivity index (χ4n) is 0.950. The molecule has 0 fully saturated rings. The Morgan fingerprint density at radius 1 is 0.938 bits per heavy atom. The molecule has 0 aliphatic rings. The molecule has 16 heavy (non-hydrogen) atoms. The summed E-state index contributed by atoms with van der Waals surface area (Å²) in [5.74, 6) is -2.16. The minimum Gasteiger partial charge on any atom is -0.500 e. The summed E-state index contributed by atoms with van der Waals surface area (Å²) in [6, 6.07) is 0. The third kappa shape index (κ3) is 3.72. The molecular weight excluding hydrogens is 216 g/mol. The van der Waals surface area contributed by atoms with E-state index in [-0.39, 0.29) is 11.3 Å². The molecule has 0 heterocycles. The molecular formula is C10H14O6. The molecule has 0 aromatic heterocycles. The Morgan fingerprint density at radius 3 is 1.88 bits per heavy atom. The second kappa shape index (κ2) is 6.60. The SMILES string of the molecule is COC(=O)CC(=O)/C(C(=O)OC)=C(/C)OC. The van der Waals surface area contributed by atoms with Gasteiger partial charge in [0.15, 0.2) is 5.78 Å². The van der Waals surface area contributed by atoms with Crippen LogP contribution in [0.3, 0.4) is 0 Å². The van der Waals surface area contributed by atoms with E-state index in [2.05, 4.69) is 9.47 Å². The molecule has 0 rings (SSSR count). The van der Waals surface area contributed by atoms with Gasteiger partial charge in [-0.25, -0.2) is 4.79 Å². The van der Waals surface area contributed by atoms with Gasteiger partial charge in [0.2, 0.25) is 0 Å². The quantitative estimate of drug-likeness (QED) is 0.221. The highest BCUT2D eigenvalue weighted by molar-refractivity contribution is 6.21. The van der Waals surface area contributed by atoms with Gasteiger partial charge < -0.3 is 14.2 Å². The van der Waals surface area contributed by atoms with Gasteiger partial charge in [-0.1, -0.05) is 0 Å². The van der Waals surface area contributed by atoms with Crippen molar-refractivity contribution in [1.29, 1.82) is 0 Å². The van der Waals surface area contributed by atoms with Crippen molar-refractivity contribution < 1.29 is 28.6 Å². The van der Waals surface area contributed by atoms with Crippen LogP contribution in [0.2, 0.25) is 0 Å². The first kappa shape index (κ1) is 14.2. The monoisotopic (exact) mass is 230 g/mol. The van der Waals surface area contributed by atoms with Gasteiger partial charge in [-0.3, -0.25) is 9.59 Å². The van der Waals surface area contributed by atoms with Crippen molar-refractivity contribution >= 4 is 17.7 Å². The highest BCUT2D eigenvalue weighted by atomic mass is 16.5. The molecule has 0 spiro atoms. The number of methoxy groups -OCH3 is 3. The first-order valence-electron chi connectivity index (χ1n) is 4.41. The second-order valence-corrected chi connectivity index (χ2v) is 2.80. The zero-order valence-corrected chi connectivity index (χ0v) is 9.66. The molecule has 0 atom stereocenters. The Morgan fingerprint density at radius 2 is 1.50 bits per heavy atom. The number of ether oxygens (including phenoxy) is 3. The van der Waals surface area contributed by atoms with Gasteiger partial charge in [-0.05, 0) is 6.92 Å². The topological polar surface area (TPSA) is 78.9 Å². The lowest BCUT2D eigenvalue weighted by molar-refractivity contribution is -0.143. The van der Waals surface area contributed by atoms with Crippen molar-refractivity contribution in [3.63, 3.8) is 0 Å². The second-order valence-electron chi connectivity index (χ2n) is 2.80. The van der Waals surface area contributed by atoms with Crippen LogP contribution in [-0.2, 0) is 28.6 Å². The number of esters is 2. The van der Waals surface area contributed by atoms with Crippen molar-refractivity contribution in [2.75, 3.05) is 21.3 Å². The van der Waals surface area contributed by atoms with Gasteiger partial charge in [-0.15, -0.1) is 0 Å². The molecule has 0 bridgehead atoms. The minimum atomic E-state index is -0.840. The van der Waals surface area contributed by atoms with Crippen LogP contribution in [0.4, 0.5) is 0 Å². The fourth-order valence-corrected chi connectivity index (χ4v) is 0.950. The molecule has 0 aliphatic carbocycles. The van der Waals surface area contributed by atoms with Gasteiger partial charge in [0.05, 0.1) is 21.3 Å². The standard InChI is InChI=1S/C10H14O6/c1-6(14-2)9(10(13)16-4)7(11)5-8(12)15-3/h5H2,1-4H3/b9-6+. The molecule has 0 radical (unpaired) electrons. The first-order chi connectivity index (χ1) is 7.47. The summed E-state index contributed by atoms with van der Waals surface area (Å²) in [5, 5.41) is 0. The van der Waals surface area contributed by atoms with E-state index in [4.69, 9.17) is 4.74 Å². The number of carbonyl (C=O) groups is 3.